The van der Waals surface area contributed by atoms with Crippen LogP contribution in [-0.4, -0.2) is 16.6 Å². The molecular weight excluding hydrogens is 377 g/mol. The minimum atomic E-state index is -0.652. The molecule has 0 saturated heterocycles. The Morgan fingerprint density at radius 3 is 2.23 bits per heavy atom. The molecule has 2 rings (SSSR count). The fourth-order valence-corrected chi connectivity index (χ4v) is 1.45. The first-order valence-electron chi connectivity index (χ1n) is 5.65. The molecule has 1 aromatic carbocycles. The van der Waals surface area contributed by atoms with Crippen LogP contribution in [0.2, 0.25) is 0 Å². The minimum absolute atomic E-state index is 0. The van der Waals surface area contributed by atoms with Crippen LogP contribution < -0.4 is 10.2 Å². The van der Waals surface area contributed by atoms with Crippen molar-refractivity contribution in [2.75, 3.05) is 0 Å². The van der Waals surface area contributed by atoms with E-state index in [9.17, 15) is 10.2 Å². The van der Waals surface area contributed by atoms with Gasteiger partial charge in [-0.1, -0.05) is 30.3 Å². The SMILES string of the molecule is C/C(=N\N=C(/[O-])c1ccccc1[O-])c1ccccn1.Cl.Cl.[Cu+2]. The number of para-hydroxylation sites is 1. The molecule has 1 radical (unpaired) electrons. The largest absolute Gasteiger partial charge is 2.00 e. The minimum Gasteiger partial charge on any atom is -0.872 e. The van der Waals surface area contributed by atoms with Crippen LogP contribution in [0.25, 0.3) is 0 Å². The Hall–Kier alpha value is -1.59. The summed E-state index contributed by atoms with van der Waals surface area (Å²) in [5.41, 5.74) is 1.16. The van der Waals surface area contributed by atoms with Gasteiger partial charge in [0.05, 0.1) is 11.4 Å². The van der Waals surface area contributed by atoms with Crippen LogP contribution in [0.3, 0.4) is 0 Å². The van der Waals surface area contributed by atoms with E-state index in [0.29, 0.717) is 11.4 Å². The Morgan fingerprint density at radius 2 is 1.64 bits per heavy atom. The van der Waals surface area contributed by atoms with Gasteiger partial charge in [-0.2, -0.15) is 10.2 Å². The number of hydrogen-bond acceptors (Lipinski definition) is 5. The van der Waals surface area contributed by atoms with Crippen molar-refractivity contribution in [1.29, 1.82) is 0 Å². The van der Waals surface area contributed by atoms with Crippen molar-refractivity contribution >= 4 is 36.4 Å². The van der Waals surface area contributed by atoms with Gasteiger partial charge in [-0.05, 0) is 24.6 Å². The van der Waals surface area contributed by atoms with Gasteiger partial charge in [-0.3, -0.25) is 4.98 Å². The number of aromatic nitrogens is 1. The van der Waals surface area contributed by atoms with Gasteiger partial charge in [-0.25, -0.2) is 0 Å². The van der Waals surface area contributed by atoms with Crippen LogP contribution in [0, 0.1) is 0 Å². The fourth-order valence-electron chi connectivity index (χ4n) is 1.45. The summed E-state index contributed by atoms with van der Waals surface area (Å²) in [6.07, 6.45) is 1.63. The monoisotopic (exact) mass is 388 g/mol. The molecule has 0 aliphatic rings. The zero-order valence-electron chi connectivity index (χ0n) is 11.4. The van der Waals surface area contributed by atoms with Crippen molar-refractivity contribution in [3.05, 3.63) is 59.9 Å². The fraction of sp³-hybridized carbons (Fsp3) is 0.0714. The molecule has 5 nitrogen and oxygen atoms in total. The second-order valence-electron chi connectivity index (χ2n) is 3.80. The van der Waals surface area contributed by atoms with Gasteiger partial charge in [0.15, 0.2) is 0 Å². The molecule has 8 heteroatoms. The third-order valence-electron chi connectivity index (χ3n) is 2.44. The summed E-state index contributed by atoms with van der Waals surface area (Å²) >= 11 is 0. The Balaban J connectivity index is 0. The molecule has 2 aromatic rings. The van der Waals surface area contributed by atoms with Gasteiger partial charge in [-0.15, -0.1) is 30.6 Å². The maximum atomic E-state index is 11.7. The molecule has 0 amide bonds. The second kappa shape index (κ2) is 11.0. The molecule has 121 valence electrons. The van der Waals surface area contributed by atoms with E-state index in [-0.39, 0.29) is 53.2 Å². The molecular formula is C14H13Cl2CuN3O2. The summed E-state index contributed by atoms with van der Waals surface area (Å²) in [5, 5.41) is 30.5. The summed E-state index contributed by atoms with van der Waals surface area (Å²) in [7, 11) is 0. The van der Waals surface area contributed by atoms with Crippen molar-refractivity contribution in [2.24, 2.45) is 10.2 Å². The average Bonchev–Trinajstić information content (AvgIpc) is 2.46. The van der Waals surface area contributed by atoms with Crippen molar-refractivity contribution in [2.45, 2.75) is 6.92 Å². The van der Waals surface area contributed by atoms with E-state index in [1.165, 1.54) is 12.1 Å². The Kier molecular flexibility index (Phi) is 11.4. The van der Waals surface area contributed by atoms with E-state index < -0.39 is 5.90 Å². The Morgan fingerprint density at radius 1 is 1.00 bits per heavy atom. The van der Waals surface area contributed by atoms with E-state index in [1.54, 1.807) is 37.4 Å². The number of hydrogen-bond donors (Lipinski definition) is 0. The summed E-state index contributed by atoms with van der Waals surface area (Å²) in [6, 6.07) is 11.3. The van der Waals surface area contributed by atoms with E-state index in [1.807, 2.05) is 6.07 Å². The maximum Gasteiger partial charge on any atom is 2.00 e. The summed E-state index contributed by atoms with van der Waals surface area (Å²) in [4.78, 5) is 4.08. The Bertz CT molecular complexity index is 637. The maximum absolute atomic E-state index is 11.7. The number of pyridine rings is 1. The van der Waals surface area contributed by atoms with E-state index in [4.69, 9.17) is 0 Å². The normalized spacial score (nSPS) is 10.8. The van der Waals surface area contributed by atoms with Gasteiger partial charge in [0.1, 0.15) is 0 Å². The quantitative estimate of drug-likeness (QED) is 0.345. The first kappa shape index (κ1) is 22.7. The van der Waals surface area contributed by atoms with Crippen molar-refractivity contribution in [3.63, 3.8) is 0 Å². The molecule has 1 aromatic heterocycles. The molecule has 1 heterocycles. The number of nitrogens with zero attached hydrogens (tertiary/aromatic N) is 3. The van der Waals surface area contributed by atoms with Crippen LogP contribution in [0.1, 0.15) is 18.2 Å². The molecule has 0 atom stereocenters. The number of rotatable bonds is 3. The van der Waals surface area contributed by atoms with Crippen LogP contribution >= 0.6 is 24.8 Å². The van der Waals surface area contributed by atoms with Crippen LogP contribution in [-0.2, 0) is 17.1 Å². The first-order valence-corrected chi connectivity index (χ1v) is 5.65. The van der Waals surface area contributed by atoms with E-state index in [2.05, 4.69) is 15.2 Å². The third-order valence-corrected chi connectivity index (χ3v) is 2.44. The summed E-state index contributed by atoms with van der Waals surface area (Å²) in [5.74, 6) is -1.01. The van der Waals surface area contributed by atoms with Crippen LogP contribution in [0.4, 0.5) is 0 Å². The van der Waals surface area contributed by atoms with E-state index in [0.717, 1.165) is 0 Å². The second-order valence-corrected chi connectivity index (χ2v) is 3.80. The van der Waals surface area contributed by atoms with Crippen molar-refractivity contribution in [1.82, 2.24) is 4.98 Å². The van der Waals surface area contributed by atoms with Gasteiger partial charge < -0.3 is 10.2 Å². The topological polar surface area (TPSA) is 83.7 Å². The van der Waals surface area contributed by atoms with Crippen LogP contribution in [0.5, 0.6) is 5.75 Å². The standard InChI is InChI=1S/C14H13N3O2.2ClH.Cu/c1-10(12-7-4-5-9-15-12)16-17-14(19)11-6-2-3-8-13(11)18;;;/h2-9,18H,1H3,(H,17,19);2*1H;/q;;;+2/p-2/b16-10+;;;. The number of benzene rings is 1. The van der Waals surface area contributed by atoms with Crippen molar-refractivity contribution < 1.29 is 27.3 Å². The van der Waals surface area contributed by atoms with Gasteiger partial charge >= 0.3 is 17.1 Å². The zero-order chi connectivity index (χ0) is 13.7. The van der Waals surface area contributed by atoms with Gasteiger partial charge in [0.25, 0.3) is 0 Å². The van der Waals surface area contributed by atoms with Gasteiger partial charge in [0.2, 0.25) is 0 Å². The molecule has 22 heavy (non-hydrogen) atoms. The molecule has 0 saturated carbocycles. The predicted octanol–water partition coefficient (Wildman–Crippen LogP) is 1.53. The Labute approximate surface area is 151 Å². The summed E-state index contributed by atoms with van der Waals surface area (Å²) in [6.45, 7) is 1.70. The average molecular weight is 390 g/mol. The molecule has 0 aliphatic heterocycles. The van der Waals surface area contributed by atoms with E-state index >= 15 is 0 Å². The molecule has 0 N–H and O–H groups in total. The summed E-state index contributed by atoms with van der Waals surface area (Å²) < 4.78 is 0. The molecule has 0 unspecified atom stereocenters. The third kappa shape index (κ3) is 6.03. The molecule has 0 spiro atoms. The predicted molar refractivity (Wildman–Crippen MR) is 83.4 cm³/mol. The van der Waals surface area contributed by atoms with Crippen molar-refractivity contribution in [3.8, 4) is 5.75 Å². The smallest absolute Gasteiger partial charge is 0.872 e. The zero-order valence-corrected chi connectivity index (χ0v) is 14.0. The first-order chi connectivity index (χ1) is 9.18. The van der Waals surface area contributed by atoms with Crippen LogP contribution in [0.15, 0.2) is 58.9 Å². The molecule has 0 aliphatic carbocycles. The number of halogens is 2. The molecule has 0 fully saturated rings. The molecule has 0 bridgehead atoms. The van der Waals surface area contributed by atoms with Gasteiger partial charge in [0, 0.05) is 12.1 Å².